The Morgan fingerprint density at radius 1 is 1.43 bits per heavy atom. The zero-order valence-corrected chi connectivity index (χ0v) is 8.26. The van der Waals surface area contributed by atoms with Crippen LogP contribution in [-0.4, -0.2) is 18.9 Å². The van der Waals surface area contributed by atoms with E-state index in [0.717, 1.165) is 0 Å². The maximum absolute atomic E-state index is 11.2. The summed E-state index contributed by atoms with van der Waals surface area (Å²) in [4.78, 5) is 22.0. The van der Waals surface area contributed by atoms with E-state index in [4.69, 9.17) is 17.3 Å². The van der Waals surface area contributed by atoms with E-state index >= 15 is 0 Å². The van der Waals surface area contributed by atoms with Gasteiger partial charge in [-0.2, -0.15) is 0 Å². The predicted molar refractivity (Wildman–Crippen MR) is 53.4 cm³/mol. The van der Waals surface area contributed by atoms with Crippen molar-refractivity contribution in [3.05, 3.63) is 34.3 Å². The smallest absolute Gasteiger partial charge is 0.251 e. The Morgan fingerprint density at radius 3 is 2.50 bits per heavy atom. The van der Waals surface area contributed by atoms with Gasteiger partial charge in [0.25, 0.3) is 5.91 Å². The summed E-state index contributed by atoms with van der Waals surface area (Å²) < 4.78 is 0. The van der Waals surface area contributed by atoms with Crippen molar-refractivity contribution >= 4 is 23.4 Å². The predicted octanol–water partition coefficient (Wildman–Crippen LogP) is 0.798. The summed E-state index contributed by atoms with van der Waals surface area (Å²) in [5.41, 5.74) is 5.65. The first-order valence-corrected chi connectivity index (χ1v) is 4.25. The number of rotatable bonds is 2. The molecule has 1 aromatic rings. The first kappa shape index (κ1) is 10.5. The Balaban J connectivity index is 3.12. The van der Waals surface area contributed by atoms with Gasteiger partial charge in [0.15, 0.2) is 0 Å². The Morgan fingerprint density at radius 2 is 2.07 bits per heavy atom. The fourth-order valence-electron chi connectivity index (χ4n) is 1.00. The van der Waals surface area contributed by atoms with Gasteiger partial charge >= 0.3 is 0 Å². The summed E-state index contributed by atoms with van der Waals surface area (Å²) in [6.45, 7) is 0. The molecule has 2 amide bonds. The minimum atomic E-state index is -0.613. The summed E-state index contributed by atoms with van der Waals surface area (Å²) in [7, 11) is 1.51. The average Bonchev–Trinajstić information content (AvgIpc) is 2.15. The molecule has 4 nitrogen and oxygen atoms in total. The highest BCUT2D eigenvalue weighted by atomic mass is 35.5. The normalized spacial score (nSPS) is 9.57. The topological polar surface area (TPSA) is 72.2 Å². The molecular formula is C9H9ClN2O2. The van der Waals surface area contributed by atoms with Crippen LogP contribution in [-0.2, 0) is 0 Å². The molecule has 74 valence electrons. The second-order valence-corrected chi connectivity index (χ2v) is 3.05. The fourth-order valence-corrected chi connectivity index (χ4v) is 1.27. The van der Waals surface area contributed by atoms with Crippen LogP contribution in [0.2, 0.25) is 5.02 Å². The van der Waals surface area contributed by atoms with Crippen molar-refractivity contribution in [3.8, 4) is 0 Å². The first-order chi connectivity index (χ1) is 6.56. The van der Waals surface area contributed by atoms with Crippen LogP contribution < -0.4 is 11.1 Å². The summed E-state index contributed by atoms with van der Waals surface area (Å²) in [6.07, 6.45) is 0. The molecule has 0 fully saturated rings. The number of amides is 2. The number of carbonyl (C=O) groups excluding carboxylic acids is 2. The average molecular weight is 213 g/mol. The lowest BCUT2D eigenvalue weighted by Crippen LogP contribution is -2.18. The molecule has 0 saturated heterocycles. The minimum Gasteiger partial charge on any atom is -0.366 e. The van der Waals surface area contributed by atoms with Gasteiger partial charge in [0, 0.05) is 12.6 Å². The van der Waals surface area contributed by atoms with Crippen LogP contribution in [0.25, 0.3) is 0 Å². The molecule has 0 unspecified atom stereocenters. The molecule has 0 aliphatic carbocycles. The van der Waals surface area contributed by atoms with Gasteiger partial charge in [-0.3, -0.25) is 9.59 Å². The lowest BCUT2D eigenvalue weighted by atomic mass is 10.1. The maximum Gasteiger partial charge on any atom is 0.251 e. The van der Waals surface area contributed by atoms with E-state index in [0.29, 0.717) is 5.56 Å². The second-order valence-electron chi connectivity index (χ2n) is 2.64. The second kappa shape index (κ2) is 4.11. The summed E-state index contributed by atoms with van der Waals surface area (Å²) in [5, 5.41) is 2.62. The first-order valence-electron chi connectivity index (χ1n) is 3.87. The number of halogens is 1. The van der Waals surface area contributed by atoms with Gasteiger partial charge < -0.3 is 11.1 Å². The van der Waals surface area contributed by atoms with Gasteiger partial charge in [-0.25, -0.2) is 0 Å². The number of primary amides is 1. The van der Waals surface area contributed by atoms with Gasteiger partial charge in [-0.1, -0.05) is 11.6 Å². The van der Waals surface area contributed by atoms with Gasteiger partial charge in [0.05, 0.1) is 10.6 Å². The van der Waals surface area contributed by atoms with Crippen LogP contribution in [0.3, 0.4) is 0 Å². The molecule has 0 bridgehead atoms. The molecule has 14 heavy (non-hydrogen) atoms. The van der Waals surface area contributed by atoms with E-state index in [1.54, 1.807) is 0 Å². The van der Waals surface area contributed by atoms with E-state index in [-0.39, 0.29) is 16.5 Å². The van der Waals surface area contributed by atoms with Gasteiger partial charge in [-0.05, 0) is 18.2 Å². The Labute approximate surface area is 86.0 Å². The fraction of sp³-hybridized carbons (Fsp3) is 0.111. The number of nitrogens with two attached hydrogens (primary N) is 1. The van der Waals surface area contributed by atoms with E-state index in [1.165, 1.54) is 25.2 Å². The Bertz CT molecular complexity index is 390. The molecule has 5 heteroatoms. The van der Waals surface area contributed by atoms with Gasteiger partial charge in [-0.15, -0.1) is 0 Å². The molecule has 0 atom stereocenters. The molecule has 0 aromatic heterocycles. The SMILES string of the molecule is CNC(=O)c1ccc(C(N)=O)c(Cl)c1. The summed E-state index contributed by atoms with van der Waals surface area (Å²) in [6, 6.07) is 4.32. The molecule has 1 aromatic carbocycles. The molecule has 0 heterocycles. The van der Waals surface area contributed by atoms with Gasteiger partial charge in [0.2, 0.25) is 5.91 Å². The Hall–Kier alpha value is -1.55. The van der Waals surface area contributed by atoms with Crippen molar-refractivity contribution in [1.82, 2.24) is 5.32 Å². The third kappa shape index (κ3) is 2.03. The van der Waals surface area contributed by atoms with Crippen molar-refractivity contribution in [2.24, 2.45) is 5.73 Å². The van der Waals surface area contributed by atoms with Crippen LogP contribution in [0, 0.1) is 0 Å². The lowest BCUT2D eigenvalue weighted by molar-refractivity contribution is 0.0959. The molecule has 0 aliphatic rings. The molecule has 0 radical (unpaired) electrons. The summed E-state index contributed by atoms with van der Waals surface area (Å²) in [5.74, 6) is -0.874. The number of benzene rings is 1. The monoisotopic (exact) mass is 212 g/mol. The molecule has 0 spiro atoms. The van der Waals surface area contributed by atoms with Gasteiger partial charge in [0.1, 0.15) is 0 Å². The van der Waals surface area contributed by atoms with Crippen LogP contribution in [0.1, 0.15) is 20.7 Å². The van der Waals surface area contributed by atoms with E-state index < -0.39 is 5.91 Å². The third-order valence-corrected chi connectivity index (χ3v) is 2.04. The number of hydrogen-bond acceptors (Lipinski definition) is 2. The number of carbonyl (C=O) groups is 2. The van der Waals surface area contributed by atoms with Crippen molar-refractivity contribution in [1.29, 1.82) is 0 Å². The number of nitrogens with one attached hydrogen (secondary N) is 1. The van der Waals surface area contributed by atoms with E-state index in [9.17, 15) is 9.59 Å². The minimum absolute atomic E-state index is 0.179. The van der Waals surface area contributed by atoms with Crippen LogP contribution in [0.5, 0.6) is 0 Å². The third-order valence-electron chi connectivity index (χ3n) is 1.72. The zero-order chi connectivity index (χ0) is 10.7. The highest BCUT2D eigenvalue weighted by Gasteiger charge is 2.09. The maximum atomic E-state index is 11.2. The highest BCUT2D eigenvalue weighted by Crippen LogP contribution is 2.17. The molecule has 1 rings (SSSR count). The zero-order valence-electron chi connectivity index (χ0n) is 7.50. The van der Waals surface area contributed by atoms with Crippen molar-refractivity contribution in [2.45, 2.75) is 0 Å². The molecule has 0 saturated carbocycles. The van der Waals surface area contributed by atoms with E-state index in [1.807, 2.05) is 0 Å². The van der Waals surface area contributed by atoms with Crippen LogP contribution in [0.15, 0.2) is 18.2 Å². The quantitative estimate of drug-likeness (QED) is 0.761. The highest BCUT2D eigenvalue weighted by molar-refractivity contribution is 6.34. The van der Waals surface area contributed by atoms with Crippen molar-refractivity contribution in [3.63, 3.8) is 0 Å². The largest absolute Gasteiger partial charge is 0.366 e. The molecule has 0 aliphatic heterocycles. The lowest BCUT2D eigenvalue weighted by Gasteiger charge is -2.03. The van der Waals surface area contributed by atoms with Crippen molar-refractivity contribution in [2.75, 3.05) is 7.05 Å². The van der Waals surface area contributed by atoms with Crippen LogP contribution >= 0.6 is 11.6 Å². The van der Waals surface area contributed by atoms with E-state index in [2.05, 4.69) is 5.32 Å². The van der Waals surface area contributed by atoms with Crippen molar-refractivity contribution < 1.29 is 9.59 Å². The summed E-state index contributed by atoms with van der Waals surface area (Å²) >= 11 is 5.74. The number of hydrogen-bond donors (Lipinski definition) is 2. The standard InChI is InChI=1S/C9H9ClN2O2/c1-12-9(14)5-2-3-6(8(11)13)7(10)4-5/h2-4H,1H3,(H2,11,13)(H,12,14). The Kier molecular flexibility index (Phi) is 3.09. The molecular weight excluding hydrogens is 204 g/mol. The molecule has 3 N–H and O–H groups in total. The van der Waals surface area contributed by atoms with Crippen LogP contribution in [0.4, 0.5) is 0 Å².